The molecular formula is C24H23NO3. The Bertz CT molecular complexity index is 1050. The number of aryl methyl sites for hydroxylation is 1. The molecule has 3 rings (SSSR count). The quantitative estimate of drug-likeness (QED) is 0.503. The van der Waals surface area contributed by atoms with E-state index in [9.17, 15) is 9.59 Å². The molecule has 0 aromatic heterocycles. The van der Waals surface area contributed by atoms with Gasteiger partial charge >= 0.3 is 5.97 Å². The molecule has 28 heavy (non-hydrogen) atoms. The Kier molecular flexibility index (Phi) is 5.90. The first-order valence-corrected chi connectivity index (χ1v) is 9.19. The lowest BCUT2D eigenvalue weighted by molar-refractivity contribution is -0.148. The lowest BCUT2D eigenvalue weighted by atomic mass is 10.0. The molecule has 0 spiro atoms. The molecule has 3 aromatic carbocycles. The van der Waals surface area contributed by atoms with Crippen LogP contribution in [0.2, 0.25) is 0 Å². The SMILES string of the molecule is Cc1cccc(NC(=O)[C@@H](C)OC(=O)/C=C/c2cccc3ccccc23)c1C. The second kappa shape index (κ2) is 8.53. The standard InChI is InChI=1S/C24H23NO3/c1-16-8-6-13-22(17(16)2)25-24(27)18(3)28-23(26)15-14-20-11-7-10-19-9-4-5-12-21(19)20/h4-15,18H,1-3H3,(H,25,27)/b15-14+/t18-/m1/s1. The van der Waals surface area contributed by atoms with E-state index in [-0.39, 0.29) is 5.91 Å². The van der Waals surface area contributed by atoms with E-state index in [2.05, 4.69) is 5.32 Å². The number of esters is 1. The lowest BCUT2D eigenvalue weighted by Gasteiger charge is -2.14. The van der Waals surface area contributed by atoms with Crippen LogP contribution in [-0.4, -0.2) is 18.0 Å². The highest BCUT2D eigenvalue weighted by Gasteiger charge is 2.17. The first-order valence-electron chi connectivity index (χ1n) is 9.19. The molecule has 1 amide bonds. The number of hydrogen-bond donors (Lipinski definition) is 1. The van der Waals surface area contributed by atoms with Gasteiger partial charge in [0.15, 0.2) is 6.10 Å². The van der Waals surface area contributed by atoms with Crippen LogP contribution in [0.4, 0.5) is 5.69 Å². The molecule has 0 unspecified atom stereocenters. The summed E-state index contributed by atoms with van der Waals surface area (Å²) in [5.74, 6) is -0.919. The summed E-state index contributed by atoms with van der Waals surface area (Å²) in [7, 11) is 0. The second-order valence-electron chi connectivity index (χ2n) is 6.72. The molecule has 1 N–H and O–H groups in total. The van der Waals surface area contributed by atoms with Crippen LogP contribution in [0, 0.1) is 13.8 Å². The molecule has 0 radical (unpaired) electrons. The second-order valence-corrected chi connectivity index (χ2v) is 6.72. The first kappa shape index (κ1) is 19.4. The lowest BCUT2D eigenvalue weighted by Crippen LogP contribution is -2.29. The molecule has 142 valence electrons. The van der Waals surface area contributed by atoms with Crippen LogP contribution in [0.25, 0.3) is 16.8 Å². The van der Waals surface area contributed by atoms with Crippen LogP contribution in [0.1, 0.15) is 23.6 Å². The summed E-state index contributed by atoms with van der Waals surface area (Å²) in [6.45, 7) is 5.48. The van der Waals surface area contributed by atoms with Crippen LogP contribution in [0.15, 0.2) is 66.7 Å². The van der Waals surface area contributed by atoms with E-state index < -0.39 is 12.1 Å². The van der Waals surface area contributed by atoms with Gasteiger partial charge in [-0.3, -0.25) is 4.79 Å². The van der Waals surface area contributed by atoms with Crippen molar-refractivity contribution in [1.82, 2.24) is 0 Å². The maximum absolute atomic E-state index is 12.3. The fourth-order valence-electron chi connectivity index (χ4n) is 2.94. The third-order valence-electron chi connectivity index (χ3n) is 4.75. The van der Waals surface area contributed by atoms with E-state index in [0.717, 1.165) is 33.2 Å². The van der Waals surface area contributed by atoms with Gasteiger partial charge in [0, 0.05) is 11.8 Å². The van der Waals surface area contributed by atoms with Crippen LogP contribution < -0.4 is 5.32 Å². The Balaban J connectivity index is 1.64. The van der Waals surface area contributed by atoms with Crippen LogP contribution >= 0.6 is 0 Å². The number of rotatable bonds is 5. The van der Waals surface area contributed by atoms with Crippen molar-refractivity contribution < 1.29 is 14.3 Å². The smallest absolute Gasteiger partial charge is 0.331 e. The third kappa shape index (κ3) is 4.46. The number of amides is 1. The monoisotopic (exact) mass is 373 g/mol. The van der Waals surface area contributed by atoms with E-state index in [1.807, 2.05) is 74.5 Å². The summed E-state index contributed by atoms with van der Waals surface area (Å²) in [6, 6.07) is 19.5. The van der Waals surface area contributed by atoms with E-state index in [1.165, 1.54) is 6.08 Å². The zero-order valence-corrected chi connectivity index (χ0v) is 16.2. The minimum atomic E-state index is -0.899. The molecule has 3 aromatic rings. The van der Waals surface area contributed by atoms with Crippen molar-refractivity contribution in [3.8, 4) is 0 Å². The molecule has 0 aliphatic heterocycles. The summed E-state index contributed by atoms with van der Waals surface area (Å²) in [6.07, 6.45) is 2.16. The fourth-order valence-corrected chi connectivity index (χ4v) is 2.94. The number of ether oxygens (including phenoxy) is 1. The molecule has 0 saturated carbocycles. The van der Waals surface area contributed by atoms with Crippen molar-refractivity contribution >= 4 is 34.4 Å². The highest BCUT2D eigenvalue weighted by molar-refractivity contribution is 5.98. The summed E-state index contributed by atoms with van der Waals surface area (Å²) in [5.41, 5.74) is 3.72. The van der Waals surface area contributed by atoms with Crippen molar-refractivity contribution in [2.45, 2.75) is 26.9 Å². The molecule has 0 aliphatic rings. The average Bonchev–Trinajstić information content (AvgIpc) is 2.69. The molecule has 4 heteroatoms. The normalized spacial score (nSPS) is 12.1. The first-order chi connectivity index (χ1) is 13.5. The van der Waals surface area contributed by atoms with Gasteiger partial charge in [-0.1, -0.05) is 54.6 Å². The molecule has 0 bridgehead atoms. The number of benzene rings is 3. The minimum Gasteiger partial charge on any atom is -0.449 e. The molecule has 0 saturated heterocycles. The number of fused-ring (bicyclic) bond motifs is 1. The Labute approximate surface area is 164 Å². The predicted molar refractivity (Wildman–Crippen MR) is 113 cm³/mol. The van der Waals surface area contributed by atoms with Crippen molar-refractivity contribution in [3.63, 3.8) is 0 Å². The molecule has 0 aliphatic carbocycles. The third-order valence-corrected chi connectivity index (χ3v) is 4.75. The zero-order valence-electron chi connectivity index (χ0n) is 16.2. The maximum atomic E-state index is 12.3. The van der Waals surface area contributed by atoms with Crippen molar-refractivity contribution in [2.24, 2.45) is 0 Å². The van der Waals surface area contributed by atoms with E-state index in [1.54, 1.807) is 13.0 Å². The van der Waals surface area contributed by atoms with Gasteiger partial charge in [-0.05, 0) is 60.4 Å². The van der Waals surface area contributed by atoms with Crippen LogP contribution in [0.3, 0.4) is 0 Å². The van der Waals surface area contributed by atoms with Crippen molar-refractivity contribution in [2.75, 3.05) is 5.32 Å². The Morgan fingerprint density at radius 2 is 1.68 bits per heavy atom. The summed E-state index contributed by atoms with van der Waals surface area (Å²) < 4.78 is 5.25. The van der Waals surface area contributed by atoms with Crippen molar-refractivity contribution in [1.29, 1.82) is 0 Å². The number of carbonyl (C=O) groups excluding carboxylic acids is 2. The van der Waals surface area contributed by atoms with E-state index in [0.29, 0.717) is 0 Å². The van der Waals surface area contributed by atoms with Gasteiger partial charge in [0.05, 0.1) is 0 Å². The Morgan fingerprint density at radius 3 is 2.50 bits per heavy atom. The highest BCUT2D eigenvalue weighted by Crippen LogP contribution is 2.20. The number of carbonyl (C=O) groups is 2. The largest absolute Gasteiger partial charge is 0.449 e. The van der Waals surface area contributed by atoms with Crippen LogP contribution in [0.5, 0.6) is 0 Å². The van der Waals surface area contributed by atoms with Gasteiger partial charge in [0.2, 0.25) is 0 Å². The number of hydrogen-bond acceptors (Lipinski definition) is 3. The summed E-state index contributed by atoms with van der Waals surface area (Å²) >= 11 is 0. The fraction of sp³-hybridized carbons (Fsp3) is 0.167. The number of nitrogens with one attached hydrogen (secondary N) is 1. The summed E-state index contributed by atoms with van der Waals surface area (Å²) in [4.78, 5) is 24.5. The zero-order chi connectivity index (χ0) is 20.1. The van der Waals surface area contributed by atoms with Gasteiger partial charge in [-0.15, -0.1) is 0 Å². The van der Waals surface area contributed by atoms with Gasteiger partial charge in [-0.25, -0.2) is 4.79 Å². The molecule has 1 atom stereocenters. The Hall–Kier alpha value is -3.40. The van der Waals surface area contributed by atoms with E-state index in [4.69, 9.17) is 4.74 Å². The maximum Gasteiger partial charge on any atom is 0.331 e. The molecular weight excluding hydrogens is 350 g/mol. The predicted octanol–water partition coefficient (Wildman–Crippen LogP) is 5.04. The van der Waals surface area contributed by atoms with Gasteiger partial charge < -0.3 is 10.1 Å². The topological polar surface area (TPSA) is 55.4 Å². The minimum absolute atomic E-state index is 0.361. The summed E-state index contributed by atoms with van der Waals surface area (Å²) in [5, 5.41) is 4.96. The van der Waals surface area contributed by atoms with E-state index >= 15 is 0 Å². The van der Waals surface area contributed by atoms with Gasteiger partial charge in [-0.2, -0.15) is 0 Å². The van der Waals surface area contributed by atoms with Crippen LogP contribution in [-0.2, 0) is 14.3 Å². The molecule has 0 fully saturated rings. The highest BCUT2D eigenvalue weighted by atomic mass is 16.5. The van der Waals surface area contributed by atoms with Gasteiger partial charge in [0.1, 0.15) is 0 Å². The average molecular weight is 373 g/mol. The van der Waals surface area contributed by atoms with Crippen molar-refractivity contribution in [3.05, 3.63) is 83.4 Å². The Morgan fingerprint density at radius 1 is 0.964 bits per heavy atom. The van der Waals surface area contributed by atoms with Gasteiger partial charge in [0.25, 0.3) is 5.91 Å². The molecule has 4 nitrogen and oxygen atoms in total. The molecule has 0 heterocycles. The number of anilines is 1.